The lowest BCUT2D eigenvalue weighted by molar-refractivity contribution is 0.215. The van der Waals surface area contributed by atoms with Crippen LogP contribution in [0.4, 0.5) is 0 Å². The van der Waals surface area contributed by atoms with E-state index in [0.717, 1.165) is 0 Å². The van der Waals surface area contributed by atoms with E-state index in [0.29, 0.717) is 29.3 Å². The fourth-order valence-electron chi connectivity index (χ4n) is 2.50. The van der Waals surface area contributed by atoms with Crippen molar-refractivity contribution in [3.63, 3.8) is 0 Å². The van der Waals surface area contributed by atoms with Gasteiger partial charge in [-0.1, -0.05) is 11.6 Å². The van der Waals surface area contributed by atoms with Crippen LogP contribution in [-0.2, 0) is 10.0 Å². The molecule has 1 aromatic carbocycles. The van der Waals surface area contributed by atoms with E-state index >= 15 is 0 Å². The second-order valence-electron chi connectivity index (χ2n) is 5.33. The summed E-state index contributed by atoms with van der Waals surface area (Å²) in [4.78, 5) is 4.06. The second kappa shape index (κ2) is 6.77. The van der Waals surface area contributed by atoms with Gasteiger partial charge in [-0.05, 0) is 30.7 Å². The zero-order chi connectivity index (χ0) is 17.2. The molecule has 1 fully saturated rings. The highest BCUT2D eigenvalue weighted by atomic mass is 35.5. The molecule has 0 radical (unpaired) electrons. The molecule has 1 atom stereocenters. The van der Waals surface area contributed by atoms with Gasteiger partial charge < -0.3 is 4.74 Å². The van der Waals surface area contributed by atoms with E-state index in [1.807, 2.05) is 6.07 Å². The van der Waals surface area contributed by atoms with Gasteiger partial charge in [-0.3, -0.25) is 4.98 Å². The summed E-state index contributed by atoms with van der Waals surface area (Å²) in [6.45, 7) is 0.622. The molecule has 124 valence electrons. The largest absolute Gasteiger partial charge is 0.487 e. The summed E-state index contributed by atoms with van der Waals surface area (Å²) >= 11 is 6.01. The highest BCUT2D eigenvalue weighted by Gasteiger charge is 2.33. The third kappa shape index (κ3) is 3.36. The number of aromatic nitrogens is 1. The number of ether oxygens (including phenoxy) is 1. The molecule has 0 amide bonds. The second-order valence-corrected chi connectivity index (χ2v) is 7.68. The van der Waals surface area contributed by atoms with Gasteiger partial charge in [-0.15, -0.1) is 0 Å². The minimum atomic E-state index is -3.60. The standard InChI is InChI=1S/C16H14ClN3O3S/c17-15-10-19-7-5-16(15)23-13-6-8-20(11-13)24(21,22)14-3-1-12(9-18)2-4-14/h1-5,7,10,13H,6,8,11H2/t13-/m0/s1. The number of pyridine rings is 1. The van der Waals surface area contributed by atoms with Crippen LogP contribution in [-0.4, -0.2) is 36.9 Å². The van der Waals surface area contributed by atoms with Crippen molar-refractivity contribution in [3.8, 4) is 11.8 Å². The fourth-order valence-corrected chi connectivity index (χ4v) is 4.15. The van der Waals surface area contributed by atoms with Crippen molar-refractivity contribution >= 4 is 21.6 Å². The minimum absolute atomic E-state index is 0.170. The van der Waals surface area contributed by atoms with Crippen LogP contribution < -0.4 is 4.74 Å². The van der Waals surface area contributed by atoms with Gasteiger partial charge >= 0.3 is 0 Å². The average Bonchev–Trinajstić information content (AvgIpc) is 3.06. The molecule has 1 saturated heterocycles. The smallest absolute Gasteiger partial charge is 0.243 e. The molecular formula is C16H14ClN3O3S. The van der Waals surface area contributed by atoms with Crippen LogP contribution in [0.3, 0.4) is 0 Å². The van der Waals surface area contributed by atoms with Gasteiger partial charge in [0, 0.05) is 25.0 Å². The Hall–Kier alpha value is -2.14. The molecule has 1 aromatic heterocycles. The van der Waals surface area contributed by atoms with Gasteiger partial charge in [-0.2, -0.15) is 9.57 Å². The van der Waals surface area contributed by atoms with Crippen LogP contribution in [0.15, 0.2) is 47.6 Å². The SMILES string of the molecule is N#Cc1ccc(S(=O)(=O)N2CC[C@H](Oc3ccncc3Cl)C2)cc1. The molecule has 0 bridgehead atoms. The first-order chi connectivity index (χ1) is 11.5. The monoisotopic (exact) mass is 363 g/mol. The van der Waals surface area contributed by atoms with Crippen LogP contribution in [0.25, 0.3) is 0 Å². The topological polar surface area (TPSA) is 83.3 Å². The third-order valence-corrected chi connectivity index (χ3v) is 5.92. The molecule has 0 spiro atoms. The lowest BCUT2D eigenvalue weighted by Gasteiger charge is -2.17. The zero-order valence-electron chi connectivity index (χ0n) is 12.6. The molecular weight excluding hydrogens is 350 g/mol. The van der Waals surface area contributed by atoms with Crippen LogP contribution in [0.1, 0.15) is 12.0 Å². The van der Waals surface area contributed by atoms with Gasteiger partial charge in [-0.25, -0.2) is 8.42 Å². The third-order valence-electron chi connectivity index (χ3n) is 3.76. The summed E-state index contributed by atoms with van der Waals surface area (Å²) in [6.07, 6.45) is 3.37. The number of nitriles is 1. The lowest BCUT2D eigenvalue weighted by Crippen LogP contribution is -2.31. The number of hydrogen-bond acceptors (Lipinski definition) is 5. The molecule has 0 unspecified atom stereocenters. The number of rotatable bonds is 4. The van der Waals surface area contributed by atoms with Crippen molar-refractivity contribution < 1.29 is 13.2 Å². The molecule has 24 heavy (non-hydrogen) atoms. The maximum atomic E-state index is 12.7. The van der Waals surface area contributed by atoms with Crippen molar-refractivity contribution in [2.45, 2.75) is 17.4 Å². The van der Waals surface area contributed by atoms with E-state index < -0.39 is 10.0 Å². The van der Waals surface area contributed by atoms with Crippen LogP contribution >= 0.6 is 11.6 Å². The molecule has 3 rings (SSSR count). The Morgan fingerprint density at radius 2 is 2.04 bits per heavy atom. The average molecular weight is 364 g/mol. The van der Waals surface area contributed by atoms with Crippen LogP contribution in [0.2, 0.25) is 5.02 Å². The van der Waals surface area contributed by atoms with Gasteiger partial charge in [0.2, 0.25) is 10.0 Å². The van der Waals surface area contributed by atoms with Gasteiger partial charge in [0.15, 0.2) is 0 Å². The minimum Gasteiger partial charge on any atom is -0.487 e. The predicted octanol–water partition coefficient (Wildman–Crippen LogP) is 2.45. The molecule has 2 heterocycles. The highest BCUT2D eigenvalue weighted by molar-refractivity contribution is 7.89. The molecule has 1 aliphatic heterocycles. The normalized spacial score (nSPS) is 18.2. The molecule has 2 aromatic rings. The Morgan fingerprint density at radius 3 is 2.71 bits per heavy atom. The molecule has 6 nitrogen and oxygen atoms in total. The fraction of sp³-hybridized carbons (Fsp3) is 0.250. The summed E-state index contributed by atoms with van der Waals surface area (Å²) in [7, 11) is -3.60. The number of sulfonamides is 1. The number of nitrogens with zero attached hydrogens (tertiary/aromatic N) is 3. The number of hydrogen-bond donors (Lipinski definition) is 0. The Kier molecular flexibility index (Phi) is 4.71. The summed E-state index contributed by atoms with van der Waals surface area (Å²) < 4.78 is 32.5. The molecule has 1 aliphatic rings. The van der Waals surface area contributed by atoms with E-state index in [4.69, 9.17) is 21.6 Å². The Labute approximate surface area is 145 Å². The maximum absolute atomic E-state index is 12.7. The van der Waals surface area contributed by atoms with E-state index in [2.05, 4.69) is 4.98 Å². The summed E-state index contributed by atoms with van der Waals surface area (Å²) in [5, 5.41) is 9.19. The summed E-state index contributed by atoms with van der Waals surface area (Å²) in [5.74, 6) is 0.495. The first kappa shape index (κ1) is 16.7. The van der Waals surface area contributed by atoms with Crippen molar-refractivity contribution in [1.29, 1.82) is 5.26 Å². The molecule has 0 saturated carbocycles. The van der Waals surface area contributed by atoms with E-state index in [1.54, 1.807) is 12.3 Å². The van der Waals surface area contributed by atoms with Crippen LogP contribution in [0.5, 0.6) is 5.75 Å². The van der Waals surface area contributed by atoms with E-state index in [9.17, 15) is 8.42 Å². The van der Waals surface area contributed by atoms with Gasteiger partial charge in [0.1, 0.15) is 16.9 Å². The molecule has 0 N–H and O–H groups in total. The summed E-state index contributed by atoms with van der Waals surface area (Å²) in [6, 6.07) is 9.50. The molecule has 8 heteroatoms. The van der Waals surface area contributed by atoms with Crippen molar-refractivity contribution in [2.75, 3.05) is 13.1 Å². The van der Waals surface area contributed by atoms with E-state index in [-0.39, 0.29) is 17.5 Å². The first-order valence-electron chi connectivity index (χ1n) is 7.27. The number of benzene rings is 1. The molecule has 0 aliphatic carbocycles. The van der Waals surface area contributed by atoms with E-state index in [1.165, 1.54) is 34.8 Å². The van der Waals surface area contributed by atoms with Gasteiger partial charge in [0.05, 0.1) is 23.1 Å². The van der Waals surface area contributed by atoms with Crippen molar-refractivity contribution in [2.24, 2.45) is 0 Å². The zero-order valence-corrected chi connectivity index (χ0v) is 14.2. The Bertz CT molecular complexity index is 878. The first-order valence-corrected chi connectivity index (χ1v) is 9.09. The van der Waals surface area contributed by atoms with Crippen molar-refractivity contribution in [3.05, 3.63) is 53.3 Å². The van der Waals surface area contributed by atoms with Crippen LogP contribution in [0, 0.1) is 11.3 Å². The van der Waals surface area contributed by atoms with Crippen molar-refractivity contribution in [1.82, 2.24) is 9.29 Å². The Balaban J connectivity index is 1.72. The quantitative estimate of drug-likeness (QED) is 0.833. The van der Waals surface area contributed by atoms with Gasteiger partial charge in [0.25, 0.3) is 0 Å². The lowest BCUT2D eigenvalue weighted by atomic mass is 10.2. The summed E-state index contributed by atoms with van der Waals surface area (Å²) in [5.41, 5.74) is 0.420. The Morgan fingerprint density at radius 1 is 1.29 bits per heavy atom. The maximum Gasteiger partial charge on any atom is 0.243 e. The number of halogens is 1. The predicted molar refractivity (Wildman–Crippen MR) is 88.2 cm³/mol. The highest BCUT2D eigenvalue weighted by Crippen LogP contribution is 2.27.